The highest BCUT2D eigenvalue weighted by molar-refractivity contribution is 7.89. The summed E-state index contributed by atoms with van der Waals surface area (Å²) in [6, 6.07) is 16.3. The maximum atomic E-state index is 12.2. The van der Waals surface area contributed by atoms with Crippen LogP contribution in [0.4, 0.5) is 0 Å². The lowest BCUT2D eigenvalue weighted by Gasteiger charge is -2.10. The maximum absolute atomic E-state index is 12.2. The van der Waals surface area contributed by atoms with E-state index in [1.165, 1.54) is 0 Å². The minimum atomic E-state index is -3.49. The molecule has 0 aliphatic heterocycles. The molecule has 2 aromatic carbocycles. The van der Waals surface area contributed by atoms with Gasteiger partial charge in [0.05, 0.1) is 4.90 Å². The SMILES string of the molecule is CC(C)c1ccc(S(=O)(=O)NCCOc2ccccc2)cc1. The molecule has 0 atom stereocenters. The van der Waals surface area contributed by atoms with E-state index in [1.807, 2.05) is 42.5 Å². The molecule has 0 heterocycles. The van der Waals surface area contributed by atoms with Crippen molar-refractivity contribution >= 4 is 10.0 Å². The molecule has 2 rings (SSSR count). The highest BCUT2D eigenvalue weighted by Crippen LogP contribution is 2.17. The Bertz CT molecular complexity index is 680. The first kappa shape index (κ1) is 16.5. The molecule has 0 radical (unpaired) electrons. The molecule has 0 unspecified atom stereocenters. The third-order valence-electron chi connectivity index (χ3n) is 3.26. The van der Waals surface area contributed by atoms with Crippen LogP contribution in [0.1, 0.15) is 25.3 Å². The molecule has 0 aromatic heterocycles. The van der Waals surface area contributed by atoms with Crippen molar-refractivity contribution in [1.29, 1.82) is 0 Å². The van der Waals surface area contributed by atoms with Crippen molar-refractivity contribution in [3.05, 3.63) is 60.2 Å². The molecule has 0 bridgehead atoms. The predicted octanol–water partition coefficient (Wildman–Crippen LogP) is 3.17. The average molecular weight is 319 g/mol. The number of sulfonamides is 1. The molecule has 5 heteroatoms. The van der Waals surface area contributed by atoms with Crippen LogP contribution in [-0.2, 0) is 10.0 Å². The standard InChI is InChI=1S/C17H21NO3S/c1-14(2)15-8-10-17(11-9-15)22(19,20)18-12-13-21-16-6-4-3-5-7-16/h3-11,14,18H,12-13H2,1-2H3. The monoisotopic (exact) mass is 319 g/mol. The Labute approximate surface area is 132 Å². The van der Waals surface area contributed by atoms with Crippen LogP contribution in [-0.4, -0.2) is 21.6 Å². The van der Waals surface area contributed by atoms with Crippen molar-refractivity contribution in [2.45, 2.75) is 24.7 Å². The van der Waals surface area contributed by atoms with Gasteiger partial charge in [0.15, 0.2) is 0 Å². The lowest BCUT2D eigenvalue weighted by Crippen LogP contribution is -2.28. The predicted molar refractivity (Wildman–Crippen MR) is 87.7 cm³/mol. The summed E-state index contributed by atoms with van der Waals surface area (Å²) in [4.78, 5) is 0.275. The van der Waals surface area contributed by atoms with Crippen molar-refractivity contribution in [3.63, 3.8) is 0 Å². The van der Waals surface area contributed by atoms with E-state index in [2.05, 4.69) is 18.6 Å². The molecule has 118 valence electrons. The molecule has 2 aromatic rings. The summed E-state index contributed by atoms with van der Waals surface area (Å²) in [6.45, 7) is 4.65. The number of rotatable bonds is 7. The lowest BCUT2D eigenvalue weighted by atomic mass is 10.0. The second-order valence-electron chi connectivity index (χ2n) is 5.28. The van der Waals surface area contributed by atoms with Crippen molar-refractivity contribution < 1.29 is 13.2 Å². The topological polar surface area (TPSA) is 55.4 Å². The third-order valence-corrected chi connectivity index (χ3v) is 4.74. The molecule has 0 aliphatic rings. The van der Waals surface area contributed by atoms with E-state index in [0.717, 1.165) is 11.3 Å². The number of hydrogen-bond acceptors (Lipinski definition) is 3. The number of para-hydroxylation sites is 1. The maximum Gasteiger partial charge on any atom is 0.240 e. The zero-order chi connectivity index (χ0) is 16.0. The largest absolute Gasteiger partial charge is 0.492 e. The minimum Gasteiger partial charge on any atom is -0.492 e. The molecule has 0 fully saturated rings. The van der Waals surface area contributed by atoms with Gasteiger partial charge in [-0.05, 0) is 35.7 Å². The number of ether oxygens (including phenoxy) is 1. The summed E-state index contributed by atoms with van der Waals surface area (Å²) in [5.74, 6) is 1.10. The van der Waals surface area contributed by atoms with Crippen molar-refractivity contribution in [2.75, 3.05) is 13.2 Å². The van der Waals surface area contributed by atoms with Gasteiger partial charge in [-0.2, -0.15) is 0 Å². The summed E-state index contributed by atoms with van der Waals surface area (Å²) in [6.07, 6.45) is 0. The molecule has 1 N–H and O–H groups in total. The normalized spacial score (nSPS) is 11.6. The molecular weight excluding hydrogens is 298 g/mol. The quantitative estimate of drug-likeness (QED) is 0.798. The van der Waals surface area contributed by atoms with Crippen LogP contribution in [0.3, 0.4) is 0 Å². The minimum absolute atomic E-state index is 0.225. The number of benzene rings is 2. The first-order valence-corrected chi connectivity index (χ1v) is 8.75. The van der Waals surface area contributed by atoms with Gasteiger partial charge in [0.1, 0.15) is 12.4 Å². The van der Waals surface area contributed by atoms with Crippen LogP contribution in [0.5, 0.6) is 5.75 Å². The molecule has 22 heavy (non-hydrogen) atoms. The molecule has 0 saturated heterocycles. The van der Waals surface area contributed by atoms with E-state index in [4.69, 9.17) is 4.74 Å². The van der Waals surface area contributed by atoms with Crippen molar-refractivity contribution in [1.82, 2.24) is 4.72 Å². The lowest BCUT2D eigenvalue weighted by molar-refractivity contribution is 0.323. The van der Waals surface area contributed by atoms with E-state index in [-0.39, 0.29) is 18.0 Å². The van der Waals surface area contributed by atoms with Crippen LogP contribution in [0.15, 0.2) is 59.5 Å². The zero-order valence-corrected chi connectivity index (χ0v) is 13.6. The van der Waals surface area contributed by atoms with E-state index in [0.29, 0.717) is 5.92 Å². The molecule has 0 amide bonds. The molecule has 0 aliphatic carbocycles. The van der Waals surface area contributed by atoms with Gasteiger partial charge in [-0.25, -0.2) is 13.1 Å². The summed E-state index contributed by atoms with van der Waals surface area (Å²) >= 11 is 0. The van der Waals surface area contributed by atoms with Crippen molar-refractivity contribution in [2.24, 2.45) is 0 Å². The average Bonchev–Trinajstić information content (AvgIpc) is 2.53. The number of hydrogen-bond donors (Lipinski definition) is 1. The third kappa shape index (κ3) is 4.58. The fourth-order valence-corrected chi connectivity index (χ4v) is 2.99. The van der Waals surface area contributed by atoms with E-state index in [1.54, 1.807) is 12.1 Å². The molecular formula is C17H21NO3S. The smallest absolute Gasteiger partial charge is 0.240 e. The Hall–Kier alpha value is -1.85. The second-order valence-corrected chi connectivity index (χ2v) is 7.05. The van der Waals surface area contributed by atoms with E-state index in [9.17, 15) is 8.42 Å². The molecule has 0 spiro atoms. The van der Waals surface area contributed by atoms with Gasteiger partial charge >= 0.3 is 0 Å². The van der Waals surface area contributed by atoms with Gasteiger partial charge in [0, 0.05) is 6.54 Å². The van der Waals surface area contributed by atoms with Gasteiger partial charge in [-0.15, -0.1) is 0 Å². The number of nitrogens with one attached hydrogen (secondary N) is 1. The van der Waals surface area contributed by atoms with Crippen LogP contribution in [0, 0.1) is 0 Å². The van der Waals surface area contributed by atoms with Gasteiger partial charge in [0.25, 0.3) is 0 Å². The highest BCUT2D eigenvalue weighted by atomic mass is 32.2. The Morgan fingerprint density at radius 1 is 1.00 bits per heavy atom. The zero-order valence-electron chi connectivity index (χ0n) is 12.8. The first-order valence-electron chi connectivity index (χ1n) is 7.26. The fraction of sp³-hybridized carbons (Fsp3) is 0.294. The van der Waals surface area contributed by atoms with Crippen molar-refractivity contribution in [3.8, 4) is 5.75 Å². The first-order chi connectivity index (χ1) is 10.5. The Kier molecular flexibility index (Phi) is 5.57. The fourth-order valence-electron chi connectivity index (χ4n) is 1.98. The Morgan fingerprint density at radius 3 is 2.23 bits per heavy atom. The summed E-state index contributed by atoms with van der Waals surface area (Å²) < 4.78 is 32.3. The second kappa shape index (κ2) is 7.42. The molecule has 0 saturated carbocycles. The van der Waals surface area contributed by atoms with Crippen LogP contribution < -0.4 is 9.46 Å². The Morgan fingerprint density at radius 2 is 1.64 bits per heavy atom. The summed E-state index contributed by atoms with van der Waals surface area (Å²) in [5.41, 5.74) is 1.12. The molecule has 4 nitrogen and oxygen atoms in total. The van der Waals surface area contributed by atoms with Gasteiger partial charge in [0.2, 0.25) is 10.0 Å². The van der Waals surface area contributed by atoms with Gasteiger partial charge < -0.3 is 4.74 Å². The summed E-state index contributed by atoms with van der Waals surface area (Å²) in [7, 11) is -3.49. The van der Waals surface area contributed by atoms with Crippen LogP contribution in [0.25, 0.3) is 0 Å². The van der Waals surface area contributed by atoms with Gasteiger partial charge in [-0.3, -0.25) is 0 Å². The summed E-state index contributed by atoms with van der Waals surface area (Å²) in [5, 5.41) is 0. The van der Waals surface area contributed by atoms with Crippen LogP contribution in [0.2, 0.25) is 0 Å². The highest BCUT2D eigenvalue weighted by Gasteiger charge is 2.13. The Balaban J connectivity index is 1.88. The van der Waals surface area contributed by atoms with E-state index >= 15 is 0 Å². The van der Waals surface area contributed by atoms with E-state index < -0.39 is 10.0 Å². The van der Waals surface area contributed by atoms with Crippen LogP contribution >= 0.6 is 0 Å². The van der Waals surface area contributed by atoms with Gasteiger partial charge in [-0.1, -0.05) is 44.2 Å².